The van der Waals surface area contributed by atoms with Gasteiger partial charge in [-0.2, -0.15) is 21.6 Å². The number of hydrogen-bond acceptors (Lipinski definition) is 13. The highest BCUT2D eigenvalue weighted by molar-refractivity contribution is 7.87. The van der Waals surface area contributed by atoms with Gasteiger partial charge in [0.25, 0.3) is 0 Å². The van der Waals surface area contributed by atoms with Gasteiger partial charge in [-0.1, -0.05) is 27.7 Å². The molecule has 18 heteroatoms. The van der Waals surface area contributed by atoms with E-state index < -0.39 is 88.4 Å². The molecule has 0 aromatic heterocycles. The summed E-state index contributed by atoms with van der Waals surface area (Å²) in [7, 11) is -5.92. The maximum atomic E-state index is 13.9. The lowest BCUT2D eigenvalue weighted by Crippen LogP contribution is -2.54. The molecule has 2 aliphatic rings. The number of esters is 4. The van der Waals surface area contributed by atoms with Gasteiger partial charge in [0, 0.05) is 27.7 Å². The van der Waals surface area contributed by atoms with E-state index in [2.05, 4.69) is 4.18 Å². The second-order valence-electron chi connectivity index (χ2n) is 10.3. The molecule has 0 saturated carbocycles. The topological polar surface area (TPSA) is 167 Å². The highest BCUT2D eigenvalue weighted by Gasteiger charge is 2.53. The second kappa shape index (κ2) is 15.9. The molecule has 13 nitrogen and oxygen atoms in total. The van der Waals surface area contributed by atoms with Crippen molar-refractivity contribution < 1.29 is 77.8 Å². The fourth-order valence-corrected chi connectivity index (χ4v) is 4.80. The van der Waals surface area contributed by atoms with Gasteiger partial charge in [0.2, 0.25) is 12.6 Å². The average Bonchev–Trinajstić information content (AvgIpc) is 2.86. The normalized spacial score (nSPS) is 32.8. The molecule has 43 heavy (non-hydrogen) atoms. The van der Waals surface area contributed by atoms with Crippen molar-refractivity contribution in [3.63, 3.8) is 0 Å². The molecule has 2 fully saturated rings. The third kappa shape index (κ3) is 11.5. The van der Waals surface area contributed by atoms with Crippen LogP contribution in [0.1, 0.15) is 55.4 Å². The minimum atomic E-state index is -5.92. The first-order chi connectivity index (χ1) is 19.6. The largest absolute Gasteiger partial charge is 0.523 e. The first kappa shape index (κ1) is 38.5. The van der Waals surface area contributed by atoms with Crippen molar-refractivity contribution in [2.45, 2.75) is 98.0 Å². The number of halogens is 4. The van der Waals surface area contributed by atoms with E-state index in [1.807, 2.05) is 6.92 Å². The molecule has 0 N–H and O–H groups in total. The molecular weight excluding hydrogens is 615 g/mol. The van der Waals surface area contributed by atoms with Crippen molar-refractivity contribution in [2.75, 3.05) is 13.2 Å². The monoisotopic (exact) mass is 653 g/mol. The van der Waals surface area contributed by atoms with Crippen molar-refractivity contribution in [1.82, 2.24) is 0 Å². The fourth-order valence-electron chi connectivity index (χ4n) is 4.14. The summed E-state index contributed by atoms with van der Waals surface area (Å²) in [6, 6.07) is 0. The zero-order valence-corrected chi connectivity index (χ0v) is 25.7. The number of rotatable bonds is 8. The van der Waals surface area contributed by atoms with Crippen LogP contribution in [0.3, 0.4) is 0 Å². The third-order valence-electron chi connectivity index (χ3n) is 6.99. The predicted octanol–water partition coefficient (Wildman–Crippen LogP) is 2.79. The molecule has 0 amide bonds. The second-order valence-corrected chi connectivity index (χ2v) is 11.8. The van der Waals surface area contributed by atoms with Gasteiger partial charge in [-0.25, -0.2) is 4.39 Å². The quantitative estimate of drug-likeness (QED) is 0.123. The maximum Gasteiger partial charge on any atom is 0.523 e. The fraction of sp³-hybridized carbons (Fsp3) is 0.840. The van der Waals surface area contributed by atoms with Gasteiger partial charge in [-0.15, -0.1) is 0 Å². The summed E-state index contributed by atoms with van der Waals surface area (Å²) in [5, 5.41) is 0. The van der Waals surface area contributed by atoms with Crippen LogP contribution in [0.2, 0.25) is 0 Å². The van der Waals surface area contributed by atoms with Crippen molar-refractivity contribution in [3.8, 4) is 0 Å². The summed E-state index contributed by atoms with van der Waals surface area (Å²) in [5.74, 6) is -4.40. The molecule has 2 heterocycles. The van der Waals surface area contributed by atoms with Crippen LogP contribution in [0.4, 0.5) is 17.6 Å². The lowest BCUT2D eigenvalue weighted by atomic mass is 9.84. The molecule has 0 bridgehead atoms. The summed E-state index contributed by atoms with van der Waals surface area (Å²) < 4.78 is 108. The number of alkyl halides is 4. The van der Waals surface area contributed by atoms with E-state index >= 15 is 0 Å². The van der Waals surface area contributed by atoms with E-state index in [4.69, 9.17) is 28.4 Å². The molecule has 0 aromatic carbocycles. The lowest BCUT2D eigenvalue weighted by Gasteiger charge is -2.42. The average molecular weight is 654 g/mol. The number of carbonyl (C=O) groups is 4. The van der Waals surface area contributed by atoms with Crippen LogP contribution >= 0.6 is 0 Å². The molecule has 250 valence electrons. The van der Waals surface area contributed by atoms with E-state index in [1.54, 1.807) is 13.8 Å². The van der Waals surface area contributed by atoms with E-state index in [0.29, 0.717) is 0 Å². The molecular formula is C25H38F4O13S. The van der Waals surface area contributed by atoms with Crippen molar-refractivity contribution in [1.29, 1.82) is 0 Å². The smallest absolute Gasteiger partial charge is 0.463 e. The van der Waals surface area contributed by atoms with Gasteiger partial charge < -0.3 is 28.4 Å². The van der Waals surface area contributed by atoms with E-state index in [1.165, 1.54) is 20.8 Å². The number of carbonyl (C=O) groups excluding carboxylic acids is 4. The number of ether oxygens (including phenoxy) is 6. The van der Waals surface area contributed by atoms with Gasteiger partial charge in [-0.05, 0) is 23.7 Å². The molecule has 2 saturated heterocycles. The Morgan fingerprint density at radius 2 is 1.07 bits per heavy atom. The Morgan fingerprint density at radius 3 is 1.47 bits per heavy atom. The highest BCUT2D eigenvalue weighted by Crippen LogP contribution is 2.37. The first-order valence-electron chi connectivity index (χ1n) is 13.1. The van der Waals surface area contributed by atoms with Gasteiger partial charge in [-0.3, -0.25) is 23.4 Å². The Morgan fingerprint density at radius 1 is 0.674 bits per heavy atom. The summed E-state index contributed by atoms with van der Waals surface area (Å²) in [5.41, 5.74) is -5.63. The van der Waals surface area contributed by atoms with Crippen LogP contribution in [-0.2, 0) is 61.9 Å². The Labute approximate surface area is 246 Å². The third-order valence-corrected chi connectivity index (χ3v) is 8.03. The lowest BCUT2D eigenvalue weighted by molar-refractivity contribution is -0.262. The van der Waals surface area contributed by atoms with Crippen molar-refractivity contribution in [3.05, 3.63) is 0 Å². The van der Waals surface area contributed by atoms with Crippen LogP contribution in [0.15, 0.2) is 0 Å². The highest BCUT2D eigenvalue weighted by atomic mass is 32.2. The van der Waals surface area contributed by atoms with Crippen molar-refractivity contribution in [2.24, 2.45) is 23.7 Å². The van der Waals surface area contributed by atoms with Crippen LogP contribution in [0, 0.1) is 23.7 Å². The van der Waals surface area contributed by atoms with Crippen LogP contribution in [0.5, 0.6) is 0 Å². The van der Waals surface area contributed by atoms with E-state index in [9.17, 15) is 45.2 Å². The summed E-state index contributed by atoms with van der Waals surface area (Å²) >= 11 is 0. The van der Waals surface area contributed by atoms with Gasteiger partial charge >= 0.3 is 39.5 Å². The molecule has 0 spiro atoms. The van der Waals surface area contributed by atoms with Crippen molar-refractivity contribution >= 4 is 34.0 Å². The van der Waals surface area contributed by atoms with Crippen LogP contribution in [0.25, 0.3) is 0 Å². The Kier molecular flexibility index (Phi) is 14.3. The van der Waals surface area contributed by atoms with Crippen LogP contribution < -0.4 is 0 Å². The van der Waals surface area contributed by atoms with Gasteiger partial charge in [0.05, 0.1) is 12.2 Å². The molecule has 2 aliphatic heterocycles. The Bertz CT molecular complexity index is 1080. The Balaban J connectivity index is 0.000000453. The molecule has 2 rings (SSSR count). The van der Waals surface area contributed by atoms with E-state index in [-0.39, 0.29) is 25.0 Å². The van der Waals surface area contributed by atoms with E-state index in [0.717, 1.165) is 13.8 Å². The maximum absolute atomic E-state index is 13.9. The predicted molar refractivity (Wildman–Crippen MR) is 136 cm³/mol. The van der Waals surface area contributed by atoms with Gasteiger partial charge in [0.15, 0.2) is 6.17 Å². The number of hydrogen-bond donors (Lipinski definition) is 0. The minimum Gasteiger partial charge on any atom is -0.463 e. The molecule has 0 radical (unpaired) electrons. The van der Waals surface area contributed by atoms with Crippen LogP contribution in [-0.4, -0.2) is 88.1 Å². The molecule has 0 aromatic rings. The molecule has 0 aliphatic carbocycles. The summed E-state index contributed by atoms with van der Waals surface area (Å²) in [6.07, 6.45) is -7.32. The summed E-state index contributed by atoms with van der Waals surface area (Å²) in [4.78, 5) is 43.7. The van der Waals surface area contributed by atoms with Gasteiger partial charge in [0.1, 0.15) is 19.3 Å². The zero-order valence-electron chi connectivity index (χ0n) is 24.9. The standard InChI is InChI=1S/C13H19F3O8S.C12H19FO5/c1-6-7(2)11(24-25(19,20)13(14,15)16)12(22-9(4)18)23-10(6)5-21-8(3)17;1-6-7(2)11(13)12(17-9(4)15)18-10(6)5-16-8(3)14/h6-7,10-12H,5H2,1-4H3;6-7,10-12H,5H2,1-4H3/i;13-1. The summed E-state index contributed by atoms with van der Waals surface area (Å²) in [6.45, 7) is 10.9. The Hall–Kier alpha value is -2.57. The zero-order chi connectivity index (χ0) is 33.4. The minimum absolute atomic E-state index is 0.0331. The molecule has 10 unspecified atom stereocenters. The molecule has 10 atom stereocenters. The first-order valence-corrected chi connectivity index (χ1v) is 14.6. The SMILES string of the molecule is CC(=O)OCC1OC(OC(C)=O)C(OS(=O)(=O)C(F)(F)F)C(C)C1C.CC(=O)OCC1OC(OC(C)=O)C([18F])C(C)C1C.